The van der Waals surface area contributed by atoms with Gasteiger partial charge in [-0.2, -0.15) is 5.26 Å². The Hall–Kier alpha value is -3.62. The molecule has 1 aliphatic heterocycles. The SMILES string of the molecule is Cc1cc(N2CCN(C/C=C/c3ccccc3)CC2)n2c(nc3ccccc32)c1C#N. The van der Waals surface area contributed by atoms with Crippen LogP contribution in [0.1, 0.15) is 16.7 Å². The Labute approximate surface area is 182 Å². The molecule has 5 heteroatoms. The second-order valence-corrected chi connectivity index (χ2v) is 8.03. The number of fused-ring (bicyclic) bond motifs is 3. The van der Waals surface area contributed by atoms with Crippen molar-refractivity contribution < 1.29 is 0 Å². The zero-order valence-electron chi connectivity index (χ0n) is 17.7. The van der Waals surface area contributed by atoms with Crippen molar-refractivity contribution >= 4 is 28.6 Å². The van der Waals surface area contributed by atoms with Crippen LogP contribution >= 0.6 is 0 Å². The number of benzene rings is 2. The smallest absolute Gasteiger partial charge is 0.157 e. The first kappa shape index (κ1) is 19.3. The molecule has 0 amide bonds. The maximum Gasteiger partial charge on any atom is 0.157 e. The molecule has 0 radical (unpaired) electrons. The highest BCUT2D eigenvalue weighted by Gasteiger charge is 2.22. The van der Waals surface area contributed by atoms with Crippen LogP contribution in [-0.2, 0) is 0 Å². The van der Waals surface area contributed by atoms with E-state index >= 15 is 0 Å². The van der Waals surface area contributed by atoms with Crippen molar-refractivity contribution in [3.8, 4) is 6.07 Å². The van der Waals surface area contributed by atoms with E-state index in [-0.39, 0.29) is 0 Å². The highest BCUT2D eigenvalue weighted by molar-refractivity contribution is 5.85. The van der Waals surface area contributed by atoms with E-state index in [1.807, 2.05) is 31.2 Å². The Morgan fingerprint density at radius 1 is 1.00 bits per heavy atom. The summed E-state index contributed by atoms with van der Waals surface area (Å²) in [5.74, 6) is 1.12. The summed E-state index contributed by atoms with van der Waals surface area (Å²) in [6.07, 6.45) is 4.44. The fourth-order valence-corrected chi connectivity index (χ4v) is 4.36. The number of imidazole rings is 1. The number of piperazine rings is 1. The van der Waals surface area contributed by atoms with Gasteiger partial charge in [-0.1, -0.05) is 54.6 Å². The van der Waals surface area contributed by atoms with Gasteiger partial charge in [-0.15, -0.1) is 0 Å². The van der Waals surface area contributed by atoms with Crippen molar-refractivity contribution in [3.63, 3.8) is 0 Å². The Bertz CT molecular complexity index is 1290. The number of aryl methyl sites for hydroxylation is 1. The van der Waals surface area contributed by atoms with Crippen LogP contribution in [0.25, 0.3) is 22.8 Å². The van der Waals surface area contributed by atoms with E-state index in [1.165, 1.54) is 5.56 Å². The predicted octanol–water partition coefficient (Wildman–Crippen LogP) is 4.50. The summed E-state index contributed by atoms with van der Waals surface area (Å²) in [4.78, 5) is 9.69. The van der Waals surface area contributed by atoms with Gasteiger partial charge >= 0.3 is 0 Å². The van der Waals surface area contributed by atoms with Gasteiger partial charge in [0.05, 0.1) is 16.6 Å². The molecule has 0 bridgehead atoms. The zero-order valence-corrected chi connectivity index (χ0v) is 17.7. The molecule has 0 N–H and O–H groups in total. The number of nitrogens with zero attached hydrogens (tertiary/aromatic N) is 5. The van der Waals surface area contributed by atoms with Gasteiger partial charge in [0.15, 0.2) is 5.65 Å². The number of pyridine rings is 1. The molecule has 0 aliphatic carbocycles. The molecule has 1 saturated heterocycles. The van der Waals surface area contributed by atoms with E-state index in [0.29, 0.717) is 5.56 Å². The molecular formula is C26H25N5. The van der Waals surface area contributed by atoms with Crippen LogP contribution < -0.4 is 4.90 Å². The lowest BCUT2D eigenvalue weighted by Gasteiger charge is -2.36. The largest absolute Gasteiger partial charge is 0.355 e. The third-order valence-electron chi connectivity index (χ3n) is 6.04. The summed E-state index contributed by atoms with van der Waals surface area (Å²) in [6.45, 7) is 6.88. The average molecular weight is 408 g/mol. The summed E-state index contributed by atoms with van der Waals surface area (Å²) in [5, 5.41) is 9.71. The number of para-hydroxylation sites is 2. The number of rotatable bonds is 4. The van der Waals surface area contributed by atoms with Crippen LogP contribution in [0.5, 0.6) is 0 Å². The van der Waals surface area contributed by atoms with Crippen LogP contribution in [0.2, 0.25) is 0 Å². The van der Waals surface area contributed by atoms with Crippen molar-refractivity contribution in [1.82, 2.24) is 14.3 Å². The first-order chi connectivity index (χ1) is 15.2. The van der Waals surface area contributed by atoms with E-state index in [4.69, 9.17) is 4.98 Å². The molecule has 0 atom stereocenters. The number of nitriles is 1. The quantitative estimate of drug-likeness (QED) is 0.500. The second kappa shape index (κ2) is 8.25. The molecule has 0 unspecified atom stereocenters. The molecule has 4 aromatic rings. The van der Waals surface area contributed by atoms with Crippen LogP contribution in [0, 0.1) is 18.3 Å². The summed E-state index contributed by atoms with van der Waals surface area (Å²) in [6, 6.07) is 23.1. The number of aromatic nitrogens is 2. The molecule has 1 aliphatic rings. The van der Waals surface area contributed by atoms with E-state index in [1.54, 1.807) is 0 Å². The highest BCUT2D eigenvalue weighted by atomic mass is 15.3. The third kappa shape index (κ3) is 3.67. The molecule has 2 aromatic carbocycles. The van der Waals surface area contributed by atoms with Crippen molar-refractivity contribution in [2.75, 3.05) is 37.6 Å². The highest BCUT2D eigenvalue weighted by Crippen LogP contribution is 2.29. The van der Waals surface area contributed by atoms with Crippen LogP contribution in [-0.4, -0.2) is 47.0 Å². The minimum Gasteiger partial charge on any atom is -0.355 e. The van der Waals surface area contributed by atoms with Crippen LogP contribution in [0.4, 0.5) is 5.82 Å². The zero-order chi connectivity index (χ0) is 21.2. The van der Waals surface area contributed by atoms with E-state index in [0.717, 1.165) is 60.8 Å². The summed E-state index contributed by atoms with van der Waals surface area (Å²) in [5.41, 5.74) is 5.61. The van der Waals surface area contributed by atoms with Gasteiger partial charge in [0.1, 0.15) is 11.9 Å². The molecule has 154 valence electrons. The number of anilines is 1. The minimum absolute atomic E-state index is 0.657. The number of hydrogen-bond donors (Lipinski definition) is 0. The van der Waals surface area contributed by atoms with Crippen LogP contribution in [0.3, 0.4) is 0 Å². The predicted molar refractivity (Wildman–Crippen MR) is 126 cm³/mol. The van der Waals surface area contributed by atoms with Gasteiger partial charge in [0, 0.05) is 32.7 Å². The summed E-state index contributed by atoms with van der Waals surface area (Å²) >= 11 is 0. The first-order valence-electron chi connectivity index (χ1n) is 10.7. The Morgan fingerprint density at radius 3 is 2.52 bits per heavy atom. The molecule has 1 fully saturated rings. The Balaban J connectivity index is 1.39. The van der Waals surface area contributed by atoms with Crippen molar-refractivity contribution in [3.05, 3.63) is 83.4 Å². The standard InChI is InChI=1S/C26H25N5/c1-20-18-25(31-24-12-6-5-11-23(24)28-26(31)22(20)19-27)30-16-14-29(15-17-30)13-7-10-21-8-3-2-4-9-21/h2-12,18H,13-17H2,1H3/b10-7+. The van der Waals surface area contributed by atoms with Crippen LogP contribution in [0.15, 0.2) is 66.7 Å². The molecule has 0 spiro atoms. The molecular weight excluding hydrogens is 382 g/mol. The lowest BCUT2D eigenvalue weighted by molar-refractivity contribution is 0.283. The molecule has 3 heterocycles. The van der Waals surface area contributed by atoms with Gasteiger partial charge in [0.25, 0.3) is 0 Å². The third-order valence-corrected chi connectivity index (χ3v) is 6.04. The van der Waals surface area contributed by atoms with Gasteiger partial charge < -0.3 is 4.90 Å². The monoisotopic (exact) mass is 407 g/mol. The summed E-state index contributed by atoms with van der Waals surface area (Å²) in [7, 11) is 0. The molecule has 0 saturated carbocycles. The maximum atomic E-state index is 9.71. The normalized spacial score (nSPS) is 15.2. The second-order valence-electron chi connectivity index (χ2n) is 8.03. The van der Waals surface area contributed by atoms with Gasteiger partial charge in [-0.25, -0.2) is 4.98 Å². The van der Waals surface area contributed by atoms with Crippen molar-refractivity contribution in [2.24, 2.45) is 0 Å². The van der Waals surface area contributed by atoms with E-state index in [9.17, 15) is 5.26 Å². The summed E-state index contributed by atoms with van der Waals surface area (Å²) < 4.78 is 2.16. The Kier molecular flexibility index (Phi) is 5.15. The topological polar surface area (TPSA) is 47.6 Å². The molecule has 5 nitrogen and oxygen atoms in total. The fraction of sp³-hybridized carbons (Fsp3) is 0.231. The Morgan fingerprint density at radius 2 is 1.74 bits per heavy atom. The maximum absolute atomic E-state index is 9.71. The minimum atomic E-state index is 0.657. The molecule has 2 aromatic heterocycles. The number of hydrogen-bond acceptors (Lipinski definition) is 4. The van der Waals surface area contributed by atoms with Crippen molar-refractivity contribution in [1.29, 1.82) is 5.26 Å². The lowest BCUT2D eigenvalue weighted by atomic mass is 10.1. The van der Waals surface area contributed by atoms with Gasteiger partial charge in [0.2, 0.25) is 0 Å². The van der Waals surface area contributed by atoms with Crippen molar-refractivity contribution in [2.45, 2.75) is 6.92 Å². The molecule has 5 rings (SSSR count). The average Bonchev–Trinajstić information content (AvgIpc) is 3.19. The molecule has 31 heavy (non-hydrogen) atoms. The lowest BCUT2D eigenvalue weighted by Crippen LogP contribution is -2.47. The van der Waals surface area contributed by atoms with Gasteiger partial charge in [-0.3, -0.25) is 9.30 Å². The van der Waals surface area contributed by atoms with E-state index in [2.05, 4.69) is 68.8 Å². The first-order valence-corrected chi connectivity index (χ1v) is 10.7. The fourth-order valence-electron chi connectivity index (χ4n) is 4.36. The van der Waals surface area contributed by atoms with Gasteiger partial charge in [-0.05, 0) is 36.2 Å². The van der Waals surface area contributed by atoms with E-state index < -0.39 is 0 Å².